The lowest BCUT2D eigenvalue weighted by molar-refractivity contribution is -0.129. The lowest BCUT2D eigenvalue weighted by Gasteiger charge is -2.22. The zero-order valence-electron chi connectivity index (χ0n) is 14.6. The van der Waals surface area contributed by atoms with E-state index in [9.17, 15) is 9.59 Å². The summed E-state index contributed by atoms with van der Waals surface area (Å²) in [6.07, 6.45) is 12.4. The van der Waals surface area contributed by atoms with Gasteiger partial charge in [0, 0.05) is 11.5 Å². The molecule has 1 atom stereocenters. The van der Waals surface area contributed by atoms with E-state index in [-0.39, 0.29) is 16.5 Å². The number of hydroxylamine groups is 1. The molecule has 0 saturated carbocycles. The van der Waals surface area contributed by atoms with Crippen LogP contribution in [-0.4, -0.2) is 22.7 Å². The van der Waals surface area contributed by atoms with Gasteiger partial charge in [-0.2, -0.15) is 5.10 Å². The molecule has 0 fully saturated rings. The molecule has 1 heterocycles. The smallest absolute Gasteiger partial charge is 0.270 e. The molecule has 1 aliphatic rings. The Kier molecular flexibility index (Phi) is 10.0. The maximum Gasteiger partial charge on any atom is 0.270 e. The quantitative estimate of drug-likeness (QED) is 0.182. The first-order chi connectivity index (χ1) is 12.4. The molecule has 26 heavy (non-hydrogen) atoms. The van der Waals surface area contributed by atoms with Crippen molar-refractivity contribution in [1.82, 2.24) is 10.9 Å². The van der Waals surface area contributed by atoms with Gasteiger partial charge in [-0.15, -0.1) is 6.42 Å². The van der Waals surface area contributed by atoms with Crippen LogP contribution in [-0.2, 0) is 9.59 Å². The molecule has 0 saturated heterocycles. The van der Waals surface area contributed by atoms with Crippen LogP contribution in [0.15, 0.2) is 26.8 Å². The Hall–Kier alpha value is -1.81. The maximum absolute atomic E-state index is 12.1. The number of allylic oxidation sites excluding steroid dienone is 3. The number of hydrogen-bond donors (Lipinski definition) is 3. The predicted octanol–water partition coefficient (Wildman–Crippen LogP) is 3.59. The molecule has 0 aromatic carbocycles. The number of carbonyl (C=O) groups excluding carboxylic acids is 2. The van der Waals surface area contributed by atoms with Crippen LogP contribution in [0.4, 0.5) is 0 Å². The molecule has 2 amide bonds. The lowest BCUT2D eigenvalue weighted by atomic mass is 9.89. The molecule has 0 spiro atoms. The number of unbranched alkanes of at least 4 members (excludes halogenated alkanes) is 4. The minimum atomic E-state index is -0.572. The van der Waals surface area contributed by atoms with Gasteiger partial charge in [-0.25, -0.2) is 10.9 Å². The van der Waals surface area contributed by atoms with Crippen molar-refractivity contribution in [3.63, 3.8) is 0 Å². The molecule has 3 N–H and O–H groups in total. The van der Waals surface area contributed by atoms with Gasteiger partial charge >= 0.3 is 0 Å². The Bertz CT molecular complexity index is 659. The summed E-state index contributed by atoms with van der Waals surface area (Å²) < 4.78 is 0. The molecule has 8 heteroatoms. The molecule has 1 aliphatic heterocycles. The van der Waals surface area contributed by atoms with Crippen LogP contribution < -0.4 is 10.9 Å². The molecule has 0 bridgehead atoms. The van der Waals surface area contributed by atoms with Crippen molar-refractivity contribution in [2.75, 3.05) is 0 Å². The molecule has 0 radical (unpaired) electrons. The third kappa shape index (κ3) is 7.20. The summed E-state index contributed by atoms with van der Waals surface area (Å²) in [4.78, 5) is 23.0. The molecule has 0 aromatic rings. The number of nitrogens with one attached hydrogen (secondary N) is 2. The Labute approximate surface area is 163 Å². The topological polar surface area (TPSA) is 90.8 Å². The third-order valence-electron chi connectivity index (χ3n) is 3.88. The van der Waals surface area contributed by atoms with Gasteiger partial charge in [0.15, 0.2) is 0 Å². The number of hydrazone groups is 1. The second-order valence-corrected chi connectivity index (χ2v) is 6.94. The van der Waals surface area contributed by atoms with Gasteiger partial charge in [0.2, 0.25) is 5.91 Å². The maximum atomic E-state index is 12.1. The van der Waals surface area contributed by atoms with Crippen molar-refractivity contribution in [1.29, 1.82) is 0 Å². The number of nitrogens with zero attached hydrogens (tertiary/aromatic N) is 1. The highest BCUT2D eigenvalue weighted by atomic mass is 35.5. The number of carbonyl (C=O) groups is 2. The van der Waals surface area contributed by atoms with E-state index in [0.717, 1.165) is 32.1 Å². The number of hydrogen-bond acceptors (Lipinski definition) is 4. The highest BCUT2D eigenvalue weighted by Crippen LogP contribution is 2.27. The minimum Gasteiger partial charge on any atom is -0.289 e. The van der Waals surface area contributed by atoms with Crippen molar-refractivity contribution in [3.8, 4) is 12.3 Å². The summed E-state index contributed by atoms with van der Waals surface area (Å²) in [5.74, 6) is 1.23. The standard InChI is InChI=1S/C18H23Cl2N3O3/c1-3-13-15(9-7-5-4-6-8-10-16(24)23-26)21-22-18(25)17(13)14(20)11-12(2)19/h1,11,13,26H,4-10H2,2H3,(H,22,25)(H,23,24)/b12-11+,17-14-. The molecule has 142 valence electrons. The Balaban J connectivity index is 2.57. The molecule has 0 aliphatic carbocycles. The van der Waals surface area contributed by atoms with Crippen LogP contribution >= 0.6 is 23.2 Å². The Morgan fingerprint density at radius 1 is 1.35 bits per heavy atom. The van der Waals surface area contributed by atoms with Crippen LogP contribution in [0, 0.1) is 18.3 Å². The Morgan fingerprint density at radius 3 is 2.62 bits per heavy atom. The largest absolute Gasteiger partial charge is 0.289 e. The van der Waals surface area contributed by atoms with Crippen molar-refractivity contribution in [3.05, 3.63) is 21.7 Å². The SMILES string of the molecule is C#CC1C(CCCCCCCC(=O)NO)=NNC(=O)/C1=C(Cl)/C=C(\C)Cl. The average molecular weight is 400 g/mol. The van der Waals surface area contributed by atoms with Gasteiger partial charge in [0.05, 0.1) is 22.2 Å². The molecule has 6 nitrogen and oxygen atoms in total. The van der Waals surface area contributed by atoms with E-state index in [0.29, 0.717) is 23.6 Å². The van der Waals surface area contributed by atoms with E-state index in [1.807, 2.05) is 0 Å². The van der Waals surface area contributed by atoms with E-state index in [4.69, 9.17) is 34.8 Å². The van der Waals surface area contributed by atoms with E-state index >= 15 is 0 Å². The fraction of sp³-hybridized carbons (Fsp3) is 0.500. The number of halogens is 2. The molecular formula is C18H23Cl2N3O3. The summed E-state index contributed by atoms with van der Waals surface area (Å²) >= 11 is 12.0. The van der Waals surface area contributed by atoms with E-state index < -0.39 is 11.8 Å². The third-order valence-corrected chi connectivity index (χ3v) is 4.30. The summed E-state index contributed by atoms with van der Waals surface area (Å²) in [5.41, 5.74) is 5.05. The zero-order chi connectivity index (χ0) is 19.5. The highest BCUT2D eigenvalue weighted by molar-refractivity contribution is 6.36. The fourth-order valence-electron chi connectivity index (χ4n) is 2.60. The summed E-state index contributed by atoms with van der Waals surface area (Å²) in [6, 6.07) is 0. The van der Waals surface area contributed by atoms with Gasteiger partial charge in [-0.1, -0.05) is 48.4 Å². The second-order valence-electron chi connectivity index (χ2n) is 5.94. The summed E-state index contributed by atoms with van der Waals surface area (Å²) in [7, 11) is 0. The molecule has 1 rings (SSSR count). The normalized spacial score (nSPS) is 19.3. The van der Waals surface area contributed by atoms with E-state index in [2.05, 4.69) is 16.4 Å². The van der Waals surface area contributed by atoms with Gasteiger partial charge < -0.3 is 0 Å². The predicted molar refractivity (Wildman–Crippen MR) is 103 cm³/mol. The lowest BCUT2D eigenvalue weighted by Crippen LogP contribution is -2.35. The minimum absolute atomic E-state index is 0.215. The molecular weight excluding hydrogens is 377 g/mol. The van der Waals surface area contributed by atoms with Crippen molar-refractivity contribution in [2.24, 2.45) is 11.0 Å². The van der Waals surface area contributed by atoms with Crippen LogP contribution in [0.25, 0.3) is 0 Å². The Morgan fingerprint density at radius 2 is 2.00 bits per heavy atom. The van der Waals surface area contributed by atoms with Crippen LogP contribution in [0.2, 0.25) is 0 Å². The summed E-state index contributed by atoms with van der Waals surface area (Å²) in [5, 5.41) is 13.2. The number of rotatable bonds is 9. The van der Waals surface area contributed by atoms with Crippen LogP contribution in [0.3, 0.4) is 0 Å². The summed E-state index contributed by atoms with van der Waals surface area (Å²) in [6.45, 7) is 1.66. The number of terminal acetylenes is 1. The fourth-order valence-corrected chi connectivity index (χ4v) is 3.12. The van der Waals surface area contributed by atoms with Crippen LogP contribution in [0.5, 0.6) is 0 Å². The van der Waals surface area contributed by atoms with E-state index in [1.165, 1.54) is 6.08 Å². The first kappa shape index (κ1) is 22.2. The molecule has 1 unspecified atom stereocenters. The van der Waals surface area contributed by atoms with Gasteiger partial charge in [0.1, 0.15) is 0 Å². The second kappa shape index (κ2) is 11.7. The van der Waals surface area contributed by atoms with Gasteiger partial charge in [-0.3, -0.25) is 14.8 Å². The van der Waals surface area contributed by atoms with Crippen LogP contribution in [0.1, 0.15) is 51.9 Å². The van der Waals surface area contributed by atoms with Gasteiger partial charge in [0.25, 0.3) is 5.91 Å². The average Bonchev–Trinajstić information content (AvgIpc) is 2.60. The van der Waals surface area contributed by atoms with Crippen molar-refractivity contribution < 1.29 is 14.8 Å². The monoisotopic (exact) mass is 399 g/mol. The number of amides is 2. The van der Waals surface area contributed by atoms with E-state index in [1.54, 1.807) is 12.4 Å². The van der Waals surface area contributed by atoms with Gasteiger partial charge in [-0.05, 0) is 32.3 Å². The first-order valence-corrected chi connectivity index (χ1v) is 9.15. The zero-order valence-corrected chi connectivity index (χ0v) is 16.2. The first-order valence-electron chi connectivity index (χ1n) is 8.40. The molecule has 0 aromatic heterocycles. The van der Waals surface area contributed by atoms with Crippen molar-refractivity contribution in [2.45, 2.75) is 51.9 Å². The highest BCUT2D eigenvalue weighted by Gasteiger charge is 2.30. The van der Waals surface area contributed by atoms with Crippen molar-refractivity contribution >= 4 is 40.7 Å².